The molecule has 0 radical (unpaired) electrons. The Labute approximate surface area is 259 Å². The zero-order valence-electron chi connectivity index (χ0n) is 24.0. The van der Waals surface area contributed by atoms with Gasteiger partial charge in [-0.25, -0.2) is 13.1 Å². The molecule has 44 heavy (non-hydrogen) atoms. The number of benzene rings is 2. The van der Waals surface area contributed by atoms with Crippen LogP contribution in [0.4, 0.5) is 0 Å². The van der Waals surface area contributed by atoms with E-state index in [2.05, 4.69) is 20.4 Å². The van der Waals surface area contributed by atoms with Gasteiger partial charge in [0.15, 0.2) is 0 Å². The van der Waals surface area contributed by atoms with Crippen molar-refractivity contribution < 1.29 is 27.9 Å². The first kappa shape index (κ1) is 32.3. The summed E-state index contributed by atoms with van der Waals surface area (Å²) in [6.45, 7) is 3.28. The van der Waals surface area contributed by atoms with Crippen LogP contribution in [0.2, 0.25) is 5.02 Å². The molecule has 4 rings (SSSR count). The lowest BCUT2D eigenvalue weighted by atomic mass is 10.0. The molecule has 2 amide bonds. The number of aliphatic carboxylic acids is 1. The second-order valence-corrected chi connectivity index (χ2v) is 12.1. The average molecular weight is 639 g/mol. The molecule has 0 aliphatic carbocycles. The van der Waals surface area contributed by atoms with Crippen molar-refractivity contribution in [2.45, 2.75) is 57.0 Å². The van der Waals surface area contributed by atoms with Gasteiger partial charge in [0, 0.05) is 29.2 Å². The summed E-state index contributed by atoms with van der Waals surface area (Å²) in [6.07, 6.45) is 4.26. The quantitative estimate of drug-likeness (QED) is 0.198. The number of carboxylic acids is 1. The van der Waals surface area contributed by atoms with Gasteiger partial charge in [0.05, 0.1) is 41.6 Å². The lowest BCUT2D eigenvalue weighted by Crippen LogP contribution is -2.38. The van der Waals surface area contributed by atoms with Gasteiger partial charge >= 0.3 is 5.97 Å². The van der Waals surface area contributed by atoms with Gasteiger partial charge in [0.2, 0.25) is 5.91 Å². The number of aromatic nitrogens is 4. The Morgan fingerprint density at radius 3 is 2.43 bits per heavy atom. The number of carbonyl (C=O) groups excluding carboxylic acids is 2. The normalized spacial score (nSPS) is 12.0. The van der Waals surface area contributed by atoms with Crippen molar-refractivity contribution in [2.75, 3.05) is 0 Å². The molecular weight excluding hydrogens is 608 g/mol. The van der Waals surface area contributed by atoms with Crippen molar-refractivity contribution >= 4 is 39.4 Å². The molecule has 0 saturated heterocycles. The maximum absolute atomic E-state index is 13.2. The third-order valence-electron chi connectivity index (χ3n) is 6.53. The number of rotatable bonds is 13. The van der Waals surface area contributed by atoms with Crippen LogP contribution >= 0.6 is 11.6 Å². The van der Waals surface area contributed by atoms with Crippen LogP contribution in [-0.4, -0.2) is 57.1 Å². The number of carbonyl (C=O) groups is 3. The fraction of sp³-hybridized carbons (Fsp3) is 0.267. The van der Waals surface area contributed by atoms with Crippen LogP contribution in [0.5, 0.6) is 0 Å². The number of halogens is 1. The first-order chi connectivity index (χ1) is 21.0. The van der Waals surface area contributed by atoms with Crippen molar-refractivity contribution in [3.63, 3.8) is 0 Å². The predicted molar refractivity (Wildman–Crippen MR) is 162 cm³/mol. The highest BCUT2D eigenvalue weighted by Gasteiger charge is 2.23. The second-order valence-electron chi connectivity index (χ2n) is 10.0. The summed E-state index contributed by atoms with van der Waals surface area (Å²) in [7, 11) is -4.11. The Kier molecular flexibility index (Phi) is 10.4. The van der Waals surface area contributed by atoms with E-state index in [0.717, 1.165) is 24.6 Å². The molecule has 1 unspecified atom stereocenters. The van der Waals surface area contributed by atoms with Crippen LogP contribution in [-0.2, 0) is 39.0 Å². The SMILES string of the molecule is CCCc1cc(C(=O)NC(CC(=O)O)Cc2ccccc2Cl)nn1Cc1cnc(-c2ccccc2S(=O)(=O)NC(C)=O)cn1. The summed E-state index contributed by atoms with van der Waals surface area (Å²) in [5, 5.41) is 17.2. The van der Waals surface area contributed by atoms with E-state index >= 15 is 0 Å². The number of carboxylic acid groups (broad SMARTS) is 1. The minimum Gasteiger partial charge on any atom is -0.481 e. The molecule has 4 aromatic rings. The van der Waals surface area contributed by atoms with E-state index in [0.29, 0.717) is 17.1 Å². The summed E-state index contributed by atoms with van der Waals surface area (Å²) >= 11 is 6.26. The molecule has 2 heterocycles. The van der Waals surface area contributed by atoms with Crippen LogP contribution in [0.15, 0.2) is 71.9 Å². The Morgan fingerprint density at radius 2 is 1.77 bits per heavy atom. The van der Waals surface area contributed by atoms with E-state index in [1.807, 2.05) is 11.6 Å². The summed E-state index contributed by atoms with van der Waals surface area (Å²) < 4.78 is 28.9. The summed E-state index contributed by atoms with van der Waals surface area (Å²) in [5.41, 5.74) is 2.69. The number of sulfonamides is 1. The highest BCUT2D eigenvalue weighted by Crippen LogP contribution is 2.25. The van der Waals surface area contributed by atoms with Gasteiger partial charge in [-0.15, -0.1) is 0 Å². The van der Waals surface area contributed by atoms with Crippen LogP contribution < -0.4 is 10.0 Å². The Morgan fingerprint density at radius 1 is 1.05 bits per heavy atom. The van der Waals surface area contributed by atoms with E-state index in [-0.39, 0.29) is 41.2 Å². The molecule has 2 aromatic carbocycles. The molecule has 0 fully saturated rings. The topological polar surface area (TPSA) is 173 Å². The highest BCUT2D eigenvalue weighted by molar-refractivity contribution is 7.90. The Balaban J connectivity index is 1.54. The van der Waals surface area contributed by atoms with Crippen LogP contribution in [0.1, 0.15) is 54.1 Å². The lowest BCUT2D eigenvalue weighted by molar-refractivity contribution is -0.137. The molecule has 230 valence electrons. The molecule has 1 atom stereocenters. The minimum absolute atomic E-state index is 0.110. The first-order valence-electron chi connectivity index (χ1n) is 13.7. The average Bonchev–Trinajstić information content (AvgIpc) is 3.36. The molecular formula is C30H31ClN6O6S. The molecule has 0 bridgehead atoms. The smallest absolute Gasteiger partial charge is 0.305 e. The molecule has 3 N–H and O–H groups in total. The Bertz CT molecular complexity index is 1770. The van der Waals surface area contributed by atoms with Gasteiger partial charge < -0.3 is 10.4 Å². The molecule has 0 aliphatic heterocycles. The largest absolute Gasteiger partial charge is 0.481 e. The first-order valence-corrected chi connectivity index (χ1v) is 15.6. The fourth-order valence-electron chi connectivity index (χ4n) is 4.62. The monoisotopic (exact) mass is 638 g/mol. The van der Waals surface area contributed by atoms with Crippen molar-refractivity contribution in [2.24, 2.45) is 0 Å². The maximum Gasteiger partial charge on any atom is 0.305 e. The highest BCUT2D eigenvalue weighted by atomic mass is 35.5. The van der Waals surface area contributed by atoms with Gasteiger partial charge in [-0.05, 0) is 36.6 Å². The number of aryl methyl sites for hydroxylation is 1. The molecule has 12 nitrogen and oxygen atoms in total. The van der Waals surface area contributed by atoms with E-state index in [1.54, 1.807) is 53.2 Å². The third-order valence-corrected chi connectivity index (χ3v) is 8.39. The van der Waals surface area contributed by atoms with Crippen molar-refractivity contribution in [1.82, 2.24) is 29.8 Å². The minimum atomic E-state index is -4.11. The van der Waals surface area contributed by atoms with Crippen molar-refractivity contribution in [3.8, 4) is 11.3 Å². The number of amides is 2. The second kappa shape index (κ2) is 14.2. The van der Waals surface area contributed by atoms with E-state index in [9.17, 15) is 27.9 Å². The van der Waals surface area contributed by atoms with E-state index < -0.39 is 33.8 Å². The zero-order valence-corrected chi connectivity index (χ0v) is 25.6. The van der Waals surface area contributed by atoms with Crippen molar-refractivity contribution in [3.05, 3.63) is 94.7 Å². The third kappa shape index (κ3) is 8.26. The maximum atomic E-state index is 13.2. The van der Waals surface area contributed by atoms with Crippen LogP contribution in [0.3, 0.4) is 0 Å². The van der Waals surface area contributed by atoms with Gasteiger partial charge in [-0.3, -0.25) is 29.0 Å². The molecule has 2 aromatic heterocycles. The van der Waals surface area contributed by atoms with Crippen LogP contribution in [0, 0.1) is 0 Å². The van der Waals surface area contributed by atoms with Gasteiger partial charge in [0.25, 0.3) is 15.9 Å². The van der Waals surface area contributed by atoms with Crippen molar-refractivity contribution in [1.29, 1.82) is 0 Å². The molecule has 0 aliphatic rings. The van der Waals surface area contributed by atoms with Gasteiger partial charge in [0.1, 0.15) is 5.69 Å². The Hall–Kier alpha value is -4.62. The summed E-state index contributed by atoms with van der Waals surface area (Å²) in [5.74, 6) is -2.29. The lowest BCUT2D eigenvalue weighted by Gasteiger charge is -2.17. The van der Waals surface area contributed by atoms with E-state index in [1.165, 1.54) is 18.5 Å². The standard InChI is InChI=1S/C30H31ClN6O6S/c1-3-8-23-15-26(30(41)34-21(14-29(39)40)13-20-9-4-6-11-25(20)31)35-37(23)18-22-16-33-27(17-32-22)24-10-5-7-12-28(24)44(42,43)36-19(2)38/h4-7,9-12,15-17,21H,3,8,13-14,18H2,1-2H3,(H,34,41)(H,36,38)(H,39,40). The molecule has 14 heteroatoms. The fourth-order valence-corrected chi connectivity index (χ4v) is 6.04. The number of nitrogens with zero attached hydrogens (tertiary/aromatic N) is 4. The van der Waals surface area contributed by atoms with Crippen LogP contribution in [0.25, 0.3) is 11.3 Å². The molecule has 0 spiro atoms. The predicted octanol–water partition coefficient (Wildman–Crippen LogP) is 3.63. The molecule has 0 saturated carbocycles. The number of hydrogen-bond donors (Lipinski definition) is 3. The number of hydrogen-bond acceptors (Lipinski definition) is 8. The van der Waals surface area contributed by atoms with E-state index in [4.69, 9.17) is 11.6 Å². The summed E-state index contributed by atoms with van der Waals surface area (Å²) in [6, 6.07) is 14.1. The van der Waals surface area contributed by atoms with Gasteiger partial charge in [-0.2, -0.15) is 5.10 Å². The summed E-state index contributed by atoms with van der Waals surface area (Å²) in [4.78, 5) is 44.9. The number of nitrogens with one attached hydrogen (secondary N) is 2. The zero-order chi connectivity index (χ0) is 31.9. The van der Waals surface area contributed by atoms with Gasteiger partial charge in [-0.1, -0.05) is 61.3 Å².